The first kappa shape index (κ1) is 16.1. The Morgan fingerprint density at radius 2 is 2.14 bits per heavy atom. The monoisotopic (exact) mass is 295 g/mol. The number of fused-ring (bicyclic) bond motifs is 2. The van der Waals surface area contributed by atoms with Crippen LogP contribution in [0.5, 0.6) is 0 Å². The van der Waals surface area contributed by atoms with Crippen molar-refractivity contribution in [1.29, 1.82) is 0 Å². The number of hydrogen-bond acceptors (Lipinski definition) is 5. The normalized spacial score (nSPS) is 31.7. The topological polar surface area (TPSA) is 90.3 Å². The Hall–Kier alpha value is -1.30. The van der Waals surface area contributed by atoms with Gasteiger partial charge in [0.05, 0.1) is 6.61 Å². The number of esters is 1. The van der Waals surface area contributed by atoms with Crippen LogP contribution in [0, 0.1) is 0 Å². The predicted octanol–water partition coefficient (Wildman–Crippen LogP) is 1.83. The van der Waals surface area contributed by atoms with Crippen molar-refractivity contribution >= 4 is 5.97 Å². The molecule has 7 heteroatoms. The molecule has 2 aliphatic rings. The Bertz CT molecular complexity index is 408. The van der Waals surface area contributed by atoms with Crippen LogP contribution in [0.25, 0.3) is 10.4 Å². The highest BCUT2D eigenvalue weighted by Gasteiger charge is 2.51. The first-order chi connectivity index (χ1) is 10.1. The summed E-state index contributed by atoms with van der Waals surface area (Å²) in [5.41, 5.74) is 7.72. The molecule has 2 fully saturated rings. The van der Waals surface area contributed by atoms with Crippen molar-refractivity contribution in [3.8, 4) is 0 Å². The standard InChI is InChI=1S/C14H25N5O2/c1-3-21-13(20)14(16-7-4-8-17-18-15)9-11-5-6-12(10-14)19(11)2/h11-12,16H,3-10H2,1-2H3. The van der Waals surface area contributed by atoms with E-state index in [-0.39, 0.29) is 5.97 Å². The minimum Gasteiger partial charge on any atom is -0.465 e. The number of hydrogen-bond donors (Lipinski definition) is 1. The fourth-order valence-electron chi connectivity index (χ4n) is 3.64. The van der Waals surface area contributed by atoms with Gasteiger partial charge >= 0.3 is 5.97 Å². The molecule has 118 valence electrons. The zero-order chi connectivity index (χ0) is 15.3. The Kier molecular flexibility index (Phi) is 5.45. The molecule has 2 aliphatic heterocycles. The molecule has 0 spiro atoms. The summed E-state index contributed by atoms with van der Waals surface area (Å²) in [5, 5.41) is 6.94. The van der Waals surface area contributed by atoms with Gasteiger partial charge in [0, 0.05) is 23.5 Å². The predicted molar refractivity (Wildman–Crippen MR) is 79.8 cm³/mol. The van der Waals surface area contributed by atoms with Gasteiger partial charge in [0.15, 0.2) is 0 Å². The molecule has 2 bridgehead atoms. The van der Waals surface area contributed by atoms with Crippen molar-refractivity contribution < 1.29 is 9.53 Å². The van der Waals surface area contributed by atoms with Gasteiger partial charge in [-0.3, -0.25) is 4.79 Å². The number of carbonyl (C=O) groups is 1. The molecule has 0 radical (unpaired) electrons. The molecule has 2 heterocycles. The third-order valence-corrected chi connectivity index (χ3v) is 4.78. The molecular formula is C14H25N5O2. The Morgan fingerprint density at radius 3 is 2.71 bits per heavy atom. The number of carbonyl (C=O) groups excluding carboxylic acids is 1. The van der Waals surface area contributed by atoms with Crippen molar-refractivity contribution in [3.05, 3.63) is 10.4 Å². The highest BCUT2D eigenvalue weighted by atomic mass is 16.5. The van der Waals surface area contributed by atoms with Crippen LogP contribution in [0.3, 0.4) is 0 Å². The summed E-state index contributed by atoms with van der Waals surface area (Å²) in [6, 6.07) is 0.913. The van der Waals surface area contributed by atoms with Gasteiger partial charge in [0.25, 0.3) is 0 Å². The van der Waals surface area contributed by atoms with Gasteiger partial charge in [0.1, 0.15) is 5.54 Å². The summed E-state index contributed by atoms with van der Waals surface area (Å²) in [5.74, 6) is -0.126. The summed E-state index contributed by atoms with van der Waals surface area (Å²) in [4.78, 5) is 17.6. The number of azide groups is 1. The molecule has 2 atom stereocenters. The average Bonchev–Trinajstić information content (AvgIpc) is 2.70. The molecule has 2 unspecified atom stereocenters. The van der Waals surface area contributed by atoms with Crippen LogP contribution in [-0.4, -0.2) is 55.2 Å². The van der Waals surface area contributed by atoms with Crippen LogP contribution < -0.4 is 5.32 Å². The van der Waals surface area contributed by atoms with E-state index < -0.39 is 5.54 Å². The maximum Gasteiger partial charge on any atom is 0.326 e. The highest BCUT2D eigenvalue weighted by Crippen LogP contribution is 2.40. The zero-order valence-electron chi connectivity index (χ0n) is 12.9. The Morgan fingerprint density at radius 1 is 1.48 bits per heavy atom. The summed E-state index contributed by atoms with van der Waals surface area (Å²) < 4.78 is 5.32. The van der Waals surface area contributed by atoms with E-state index in [1.54, 1.807) is 0 Å². The molecule has 0 aliphatic carbocycles. The summed E-state index contributed by atoms with van der Waals surface area (Å²) in [6.07, 6.45) is 4.66. The average molecular weight is 295 g/mol. The van der Waals surface area contributed by atoms with E-state index in [1.807, 2.05) is 6.92 Å². The van der Waals surface area contributed by atoms with Gasteiger partial charge in [-0.15, -0.1) is 0 Å². The fourth-order valence-corrected chi connectivity index (χ4v) is 3.64. The van der Waals surface area contributed by atoms with E-state index in [9.17, 15) is 4.79 Å². The van der Waals surface area contributed by atoms with E-state index in [2.05, 4.69) is 27.3 Å². The van der Waals surface area contributed by atoms with Crippen LogP contribution in [0.1, 0.15) is 39.0 Å². The molecule has 7 nitrogen and oxygen atoms in total. The lowest BCUT2D eigenvalue weighted by atomic mass is 9.82. The molecule has 1 N–H and O–H groups in total. The molecule has 0 aromatic heterocycles. The molecular weight excluding hydrogens is 270 g/mol. The molecule has 21 heavy (non-hydrogen) atoms. The molecule has 0 aromatic rings. The first-order valence-electron chi connectivity index (χ1n) is 7.78. The minimum absolute atomic E-state index is 0.126. The van der Waals surface area contributed by atoms with Crippen molar-refractivity contribution in [2.45, 2.75) is 56.7 Å². The Labute approximate surface area is 125 Å². The molecule has 0 aromatic carbocycles. The maximum atomic E-state index is 12.5. The Balaban J connectivity index is 2.01. The van der Waals surface area contributed by atoms with Gasteiger partial charge in [-0.2, -0.15) is 0 Å². The fraction of sp³-hybridized carbons (Fsp3) is 0.929. The maximum absolute atomic E-state index is 12.5. The first-order valence-corrected chi connectivity index (χ1v) is 7.78. The third kappa shape index (κ3) is 3.48. The van der Waals surface area contributed by atoms with Crippen LogP contribution in [0.4, 0.5) is 0 Å². The third-order valence-electron chi connectivity index (χ3n) is 4.78. The lowest BCUT2D eigenvalue weighted by Gasteiger charge is -2.44. The largest absolute Gasteiger partial charge is 0.465 e. The summed E-state index contributed by atoms with van der Waals surface area (Å²) in [6.45, 7) is 3.37. The van der Waals surface area contributed by atoms with Crippen LogP contribution in [0.2, 0.25) is 0 Å². The summed E-state index contributed by atoms with van der Waals surface area (Å²) >= 11 is 0. The quantitative estimate of drug-likeness (QED) is 0.255. The number of piperidine rings is 1. The van der Waals surface area contributed by atoms with E-state index in [0.29, 0.717) is 31.8 Å². The number of nitrogens with one attached hydrogen (secondary N) is 1. The molecule has 0 amide bonds. The van der Waals surface area contributed by atoms with Crippen molar-refractivity contribution in [3.63, 3.8) is 0 Å². The smallest absolute Gasteiger partial charge is 0.326 e. The van der Waals surface area contributed by atoms with Crippen LogP contribution in [0.15, 0.2) is 5.11 Å². The van der Waals surface area contributed by atoms with Crippen molar-refractivity contribution in [2.75, 3.05) is 26.7 Å². The second-order valence-corrected chi connectivity index (χ2v) is 6.00. The van der Waals surface area contributed by atoms with Crippen molar-refractivity contribution in [2.24, 2.45) is 5.11 Å². The lowest BCUT2D eigenvalue weighted by molar-refractivity contribution is -0.154. The van der Waals surface area contributed by atoms with E-state index >= 15 is 0 Å². The van der Waals surface area contributed by atoms with Gasteiger partial charge in [-0.05, 0) is 58.2 Å². The van der Waals surface area contributed by atoms with Gasteiger partial charge in [-0.1, -0.05) is 5.11 Å². The van der Waals surface area contributed by atoms with Crippen LogP contribution >= 0.6 is 0 Å². The highest BCUT2D eigenvalue weighted by molar-refractivity contribution is 5.81. The molecule has 0 saturated carbocycles. The number of ether oxygens (including phenoxy) is 1. The number of nitrogens with zero attached hydrogens (tertiary/aromatic N) is 4. The number of rotatable bonds is 7. The van der Waals surface area contributed by atoms with E-state index in [4.69, 9.17) is 10.3 Å². The lowest BCUT2D eigenvalue weighted by Crippen LogP contribution is -2.61. The van der Waals surface area contributed by atoms with E-state index in [1.165, 1.54) is 0 Å². The minimum atomic E-state index is -0.565. The van der Waals surface area contributed by atoms with Crippen molar-refractivity contribution in [1.82, 2.24) is 10.2 Å². The second-order valence-electron chi connectivity index (χ2n) is 6.00. The van der Waals surface area contributed by atoms with Crippen LogP contribution in [-0.2, 0) is 9.53 Å². The van der Waals surface area contributed by atoms with E-state index in [0.717, 1.165) is 32.1 Å². The van der Waals surface area contributed by atoms with Gasteiger partial charge in [-0.25, -0.2) is 0 Å². The molecule has 2 saturated heterocycles. The summed E-state index contributed by atoms with van der Waals surface area (Å²) in [7, 11) is 2.15. The molecule has 2 rings (SSSR count). The van der Waals surface area contributed by atoms with Gasteiger partial charge < -0.3 is 15.0 Å². The second kappa shape index (κ2) is 7.11. The van der Waals surface area contributed by atoms with Gasteiger partial charge in [0.2, 0.25) is 0 Å². The zero-order valence-corrected chi connectivity index (χ0v) is 12.9. The SMILES string of the molecule is CCOC(=O)C1(NCCCN=[N+]=[N-])CC2CCC(C1)N2C.